The van der Waals surface area contributed by atoms with E-state index in [1.54, 1.807) is 11.3 Å². The second-order valence-electron chi connectivity index (χ2n) is 10.8. The van der Waals surface area contributed by atoms with Crippen molar-refractivity contribution in [3.63, 3.8) is 0 Å². The molecule has 1 aromatic heterocycles. The molecule has 1 amide bonds. The normalized spacial score (nSPS) is 19.6. The average Bonchev–Trinajstić information content (AvgIpc) is 3.59. The van der Waals surface area contributed by atoms with E-state index in [4.69, 9.17) is 9.84 Å². The van der Waals surface area contributed by atoms with Crippen molar-refractivity contribution in [3.8, 4) is 10.4 Å². The number of ether oxygens (including phenoxy) is 1. The first-order chi connectivity index (χ1) is 19.3. The van der Waals surface area contributed by atoms with E-state index in [1.807, 2.05) is 38.1 Å². The molecule has 1 saturated heterocycles. The van der Waals surface area contributed by atoms with Gasteiger partial charge in [0.25, 0.3) is 5.91 Å². The van der Waals surface area contributed by atoms with E-state index in [0.29, 0.717) is 17.6 Å². The van der Waals surface area contributed by atoms with Crippen molar-refractivity contribution >= 4 is 28.9 Å². The van der Waals surface area contributed by atoms with Gasteiger partial charge in [0.15, 0.2) is 0 Å². The van der Waals surface area contributed by atoms with Crippen LogP contribution in [0.4, 0.5) is 5.69 Å². The van der Waals surface area contributed by atoms with Crippen LogP contribution in [-0.4, -0.2) is 54.9 Å². The molecule has 1 unspecified atom stereocenters. The maximum Gasteiger partial charge on any atom is 0.329 e. The largest absolute Gasteiger partial charge is 0.480 e. The summed E-state index contributed by atoms with van der Waals surface area (Å²) in [6.07, 6.45) is 2.75. The molecule has 8 nitrogen and oxygen atoms in total. The predicted octanol–water partition coefficient (Wildman–Crippen LogP) is 4.71. The third-order valence-electron chi connectivity index (χ3n) is 7.71. The minimum Gasteiger partial charge on any atom is -0.480 e. The van der Waals surface area contributed by atoms with E-state index in [9.17, 15) is 9.59 Å². The summed E-state index contributed by atoms with van der Waals surface area (Å²) in [5.41, 5.74) is 4.81. The summed E-state index contributed by atoms with van der Waals surface area (Å²) in [5.74, 6) is -0.990. The first kappa shape index (κ1) is 28.3. The fraction of sp³-hybridized carbons (Fsp3) is 0.419. The lowest BCUT2D eigenvalue weighted by atomic mass is 10.0. The van der Waals surface area contributed by atoms with Gasteiger partial charge in [0.1, 0.15) is 6.61 Å². The number of carbonyl (C=O) groups is 2. The molecule has 1 saturated carbocycles. The Labute approximate surface area is 239 Å². The van der Waals surface area contributed by atoms with Gasteiger partial charge in [-0.3, -0.25) is 4.79 Å². The van der Waals surface area contributed by atoms with E-state index in [1.165, 1.54) is 9.75 Å². The number of anilines is 1. The molecule has 1 aliphatic heterocycles. The summed E-state index contributed by atoms with van der Waals surface area (Å²) in [6, 6.07) is 19.3. The lowest BCUT2D eigenvalue weighted by Gasteiger charge is -2.29. The molecule has 5 rings (SSSR count). The highest BCUT2D eigenvalue weighted by Gasteiger charge is 2.25. The number of carboxylic acids is 1. The lowest BCUT2D eigenvalue weighted by molar-refractivity contribution is -0.144. The number of hydrogen-bond acceptors (Lipinski definition) is 7. The van der Waals surface area contributed by atoms with Gasteiger partial charge in [0.2, 0.25) is 0 Å². The zero-order valence-electron chi connectivity index (χ0n) is 23.0. The molecular weight excluding hydrogens is 524 g/mol. The van der Waals surface area contributed by atoms with Crippen LogP contribution in [0, 0.1) is 6.92 Å². The SMILES string of the molecule is Cc1ccc(NC2CNC2)cc1C(=O)NC(C)c1cccc(-c2ccc(CN[C@H]3CC[C@@H](OCC(=O)O)C3)s2)c1. The maximum absolute atomic E-state index is 13.2. The summed E-state index contributed by atoms with van der Waals surface area (Å²) in [7, 11) is 0. The van der Waals surface area contributed by atoms with Gasteiger partial charge in [0, 0.05) is 46.7 Å². The molecule has 2 fully saturated rings. The fourth-order valence-corrected chi connectivity index (χ4v) is 6.20. The third-order valence-corrected chi connectivity index (χ3v) is 8.84. The molecule has 5 N–H and O–H groups in total. The highest BCUT2D eigenvalue weighted by molar-refractivity contribution is 7.15. The Balaban J connectivity index is 1.16. The Bertz CT molecular complexity index is 1340. The van der Waals surface area contributed by atoms with Crippen LogP contribution < -0.4 is 21.3 Å². The summed E-state index contributed by atoms with van der Waals surface area (Å²) >= 11 is 1.76. The number of benzene rings is 2. The first-order valence-electron chi connectivity index (χ1n) is 14.0. The molecule has 0 bridgehead atoms. The van der Waals surface area contributed by atoms with Gasteiger partial charge < -0.3 is 31.1 Å². The van der Waals surface area contributed by atoms with Crippen molar-refractivity contribution in [3.05, 3.63) is 76.2 Å². The van der Waals surface area contributed by atoms with Crippen LogP contribution in [-0.2, 0) is 16.1 Å². The summed E-state index contributed by atoms with van der Waals surface area (Å²) in [6.45, 7) is 6.42. The fourth-order valence-electron chi connectivity index (χ4n) is 5.24. The molecule has 1 aliphatic carbocycles. The van der Waals surface area contributed by atoms with Crippen LogP contribution >= 0.6 is 11.3 Å². The molecule has 40 heavy (non-hydrogen) atoms. The molecule has 2 heterocycles. The highest BCUT2D eigenvalue weighted by Crippen LogP contribution is 2.31. The molecule has 0 radical (unpaired) electrons. The number of carboxylic acid groups (broad SMARTS) is 1. The standard InChI is InChI=1S/C31H38N4O4S/c1-19-6-7-24(35-25-15-32-16-25)14-28(19)31(38)34-20(2)21-4-3-5-22(12-21)29-11-10-27(40-29)17-33-23-8-9-26(13-23)39-18-30(36)37/h3-7,10-12,14,20,23,25-26,32-33,35H,8-9,13,15-18H2,1-2H3,(H,34,38)(H,36,37)/t20?,23-,26+/m0/s1. The number of hydrogen-bond donors (Lipinski definition) is 5. The molecule has 2 aromatic carbocycles. The van der Waals surface area contributed by atoms with Crippen LogP contribution in [0.1, 0.15) is 58.6 Å². The monoisotopic (exact) mass is 562 g/mol. The molecule has 2 aliphatic rings. The smallest absolute Gasteiger partial charge is 0.329 e. The van der Waals surface area contributed by atoms with Crippen LogP contribution in [0.2, 0.25) is 0 Å². The number of aliphatic carboxylic acids is 1. The summed E-state index contributed by atoms with van der Waals surface area (Å²) in [4.78, 5) is 26.4. The molecule has 3 atom stereocenters. The minimum atomic E-state index is -0.918. The number of nitrogens with one attached hydrogen (secondary N) is 4. The van der Waals surface area contributed by atoms with Crippen molar-refractivity contribution in [2.75, 3.05) is 25.0 Å². The topological polar surface area (TPSA) is 112 Å². The summed E-state index contributed by atoms with van der Waals surface area (Å²) < 4.78 is 5.45. The Hall–Kier alpha value is -3.24. The quantitative estimate of drug-likeness (QED) is 0.217. The number of carbonyl (C=O) groups excluding carboxylic acids is 1. The van der Waals surface area contributed by atoms with Gasteiger partial charge in [0.05, 0.1) is 18.2 Å². The van der Waals surface area contributed by atoms with E-state index in [-0.39, 0.29) is 24.7 Å². The van der Waals surface area contributed by atoms with Gasteiger partial charge in [-0.05, 0) is 80.1 Å². The van der Waals surface area contributed by atoms with Gasteiger partial charge in [-0.1, -0.05) is 24.3 Å². The van der Waals surface area contributed by atoms with Crippen molar-refractivity contribution in [2.45, 2.75) is 63.9 Å². The number of rotatable bonds is 12. The van der Waals surface area contributed by atoms with Crippen LogP contribution in [0.3, 0.4) is 0 Å². The van der Waals surface area contributed by atoms with Crippen LogP contribution in [0.15, 0.2) is 54.6 Å². The Morgan fingerprint density at radius 2 is 1.95 bits per heavy atom. The van der Waals surface area contributed by atoms with Gasteiger partial charge >= 0.3 is 5.97 Å². The van der Waals surface area contributed by atoms with Crippen molar-refractivity contribution in [2.24, 2.45) is 0 Å². The molecule has 0 spiro atoms. The van der Waals surface area contributed by atoms with E-state index in [2.05, 4.69) is 51.6 Å². The molecule has 212 valence electrons. The predicted molar refractivity (Wildman–Crippen MR) is 159 cm³/mol. The van der Waals surface area contributed by atoms with Gasteiger partial charge in [-0.15, -0.1) is 11.3 Å². The van der Waals surface area contributed by atoms with Crippen LogP contribution in [0.25, 0.3) is 10.4 Å². The molecule has 9 heteroatoms. The van der Waals surface area contributed by atoms with E-state index >= 15 is 0 Å². The first-order valence-corrected chi connectivity index (χ1v) is 14.8. The molecule has 3 aromatic rings. The van der Waals surface area contributed by atoms with Gasteiger partial charge in [-0.25, -0.2) is 4.79 Å². The van der Waals surface area contributed by atoms with E-state index < -0.39 is 5.97 Å². The van der Waals surface area contributed by atoms with Crippen molar-refractivity contribution in [1.82, 2.24) is 16.0 Å². The Kier molecular flexibility index (Phi) is 9.16. The number of thiophene rings is 1. The summed E-state index contributed by atoms with van der Waals surface area (Å²) in [5, 5.41) is 22.3. The highest BCUT2D eigenvalue weighted by atomic mass is 32.1. The second-order valence-corrected chi connectivity index (χ2v) is 12.0. The van der Waals surface area contributed by atoms with Gasteiger partial charge in [-0.2, -0.15) is 0 Å². The van der Waals surface area contributed by atoms with Crippen molar-refractivity contribution < 1.29 is 19.4 Å². The van der Waals surface area contributed by atoms with E-state index in [0.717, 1.165) is 61.3 Å². The lowest BCUT2D eigenvalue weighted by Crippen LogP contribution is -2.51. The van der Waals surface area contributed by atoms with Crippen molar-refractivity contribution in [1.29, 1.82) is 0 Å². The van der Waals surface area contributed by atoms with Crippen LogP contribution in [0.5, 0.6) is 0 Å². The molecular formula is C31H38N4O4S. The Morgan fingerprint density at radius 1 is 1.10 bits per heavy atom. The second kappa shape index (κ2) is 13.0. The number of amides is 1. The average molecular weight is 563 g/mol. The Morgan fingerprint density at radius 3 is 2.73 bits per heavy atom. The maximum atomic E-state index is 13.2. The zero-order valence-corrected chi connectivity index (χ0v) is 23.9. The number of aryl methyl sites for hydroxylation is 1. The zero-order chi connectivity index (χ0) is 28.1. The minimum absolute atomic E-state index is 0.0205. The third kappa shape index (κ3) is 7.28.